The summed E-state index contributed by atoms with van der Waals surface area (Å²) < 4.78 is 23.7. The van der Waals surface area contributed by atoms with E-state index in [1.165, 1.54) is 21.3 Å². The van der Waals surface area contributed by atoms with Crippen LogP contribution in [0.25, 0.3) is 11.0 Å². The van der Waals surface area contributed by atoms with E-state index in [1.54, 1.807) is 19.1 Å². The molecule has 0 spiro atoms. The summed E-state index contributed by atoms with van der Waals surface area (Å²) in [6.07, 6.45) is 0. The molecule has 31 heavy (non-hydrogen) atoms. The van der Waals surface area contributed by atoms with Gasteiger partial charge in [0.2, 0.25) is 17.6 Å². The zero-order valence-electron chi connectivity index (χ0n) is 17.7. The normalized spacial score (nSPS) is 17.6. The fraction of sp³-hybridized carbons (Fsp3) is 0.318. The molecule has 4 rings (SSSR count). The van der Waals surface area contributed by atoms with E-state index in [2.05, 4.69) is 10.3 Å². The molecule has 9 nitrogen and oxygen atoms in total. The molecule has 1 aliphatic heterocycles. The first-order valence-corrected chi connectivity index (χ1v) is 9.79. The van der Waals surface area contributed by atoms with Crippen molar-refractivity contribution in [3.05, 3.63) is 42.0 Å². The number of rotatable bonds is 6. The van der Waals surface area contributed by atoms with Gasteiger partial charge in [-0.2, -0.15) is 0 Å². The minimum atomic E-state index is -1.16. The zero-order valence-corrected chi connectivity index (χ0v) is 17.7. The molecule has 162 valence electrons. The Kier molecular flexibility index (Phi) is 5.41. The van der Waals surface area contributed by atoms with Crippen LogP contribution in [0.5, 0.6) is 17.2 Å². The molecule has 0 fully saturated rings. The number of hydrogen-bond acceptors (Lipinski definition) is 7. The van der Waals surface area contributed by atoms with E-state index in [0.29, 0.717) is 34.3 Å². The number of benzene rings is 2. The van der Waals surface area contributed by atoms with Crippen molar-refractivity contribution in [3.8, 4) is 17.2 Å². The number of amides is 1. The van der Waals surface area contributed by atoms with E-state index in [1.807, 2.05) is 28.8 Å². The van der Waals surface area contributed by atoms with Crippen LogP contribution in [-0.2, 0) is 14.3 Å². The SMILES string of the molecule is CCOC(=O)[C@H]1C(=O)Nc2nc3ccccc3n2[C@H]1c1ccc(OC)c(OC)c1OC. The van der Waals surface area contributed by atoms with Crippen molar-refractivity contribution in [2.45, 2.75) is 13.0 Å². The molecule has 0 bridgehead atoms. The average Bonchev–Trinajstić information content (AvgIpc) is 3.14. The molecule has 0 saturated heterocycles. The molecular formula is C22H23N3O6. The Morgan fingerprint density at radius 2 is 1.81 bits per heavy atom. The average molecular weight is 425 g/mol. The molecule has 9 heteroatoms. The van der Waals surface area contributed by atoms with E-state index in [0.717, 1.165) is 5.52 Å². The number of methoxy groups -OCH3 is 3. The lowest BCUT2D eigenvalue weighted by Crippen LogP contribution is -2.43. The molecule has 1 amide bonds. The van der Waals surface area contributed by atoms with Gasteiger partial charge in [0.05, 0.1) is 45.0 Å². The highest BCUT2D eigenvalue weighted by Crippen LogP contribution is 2.47. The van der Waals surface area contributed by atoms with Crippen molar-refractivity contribution in [2.24, 2.45) is 5.92 Å². The third-order valence-electron chi connectivity index (χ3n) is 5.30. The van der Waals surface area contributed by atoms with Crippen LogP contribution in [0.1, 0.15) is 18.5 Å². The summed E-state index contributed by atoms with van der Waals surface area (Å²) in [5.41, 5.74) is 2.01. The Balaban J connectivity index is 2.03. The number of ether oxygens (including phenoxy) is 4. The maximum Gasteiger partial charge on any atom is 0.321 e. The van der Waals surface area contributed by atoms with Crippen molar-refractivity contribution in [3.63, 3.8) is 0 Å². The Labute approximate surface area is 178 Å². The van der Waals surface area contributed by atoms with Gasteiger partial charge in [0, 0.05) is 5.56 Å². The second-order valence-corrected chi connectivity index (χ2v) is 6.88. The van der Waals surface area contributed by atoms with Gasteiger partial charge in [-0.25, -0.2) is 4.98 Å². The molecule has 2 atom stereocenters. The first kappa shape index (κ1) is 20.5. The number of carbonyl (C=O) groups excluding carboxylic acids is 2. The van der Waals surface area contributed by atoms with Crippen molar-refractivity contribution >= 4 is 28.9 Å². The fourth-order valence-corrected chi connectivity index (χ4v) is 4.04. The van der Waals surface area contributed by atoms with Gasteiger partial charge < -0.3 is 23.5 Å². The molecule has 3 aromatic rings. The molecule has 1 N–H and O–H groups in total. The number of nitrogens with zero attached hydrogens (tertiary/aromatic N) is 2. The minimum Gasteiger partial charge on any atom is -0.493 e. The highest BCUT2D eigenvalue weighted by atomic mass is 16.5. The number of fused-ring (bicyclic) bond motifs is 3. The molecule has 2 aromatic carbocycles. The Morgan fingerprint density at radius 3 is 2.48 bits per heavy atom. The molecule has 1 aliphatic rings. The lowest BCUT2D eigenvalue weighted by atomic mass is 9.89. The van der Waals surface area contributed by atoms with Gasteiger partial charge in [-0.15, -0.1) is 0 Å². The maximum atomic E-state index is 13.0. The van der Waals surface area contributed by atoms with Crippen LogP contribution >= 0.6 is 0 Å². The molecule has 0 aliphatic carbocycles. The zero-order chi connectivity index (χ0) is 22.1. The van der Waals surface area contributed by atoms with Gasteiger partial charge in [0.25, 0.3) is 0 Å². The van der Waals surface area contributed by atoms with E-state index in [4.69, 9.17) is 18.9 Å². The Bertz CT molecular complexity index is 1160. The van der Waals surface area contributed by atoms with Crippen LogP contribution < -0.4 is 19.5 Å². The molecule has 0 unspecified atom stereocenters. The first-order valence-electron chi connectivity index (χ1n) is 9.79. The summed E-state index contributed by atoms with van der Waals surface area (Å²) in [7, 11) is 4.52. The smallest absolute Gasteiger partial charge is 0.321 e. The quantitative estimate of drug-likeness (QED) is 0.479. The number of carbonyl (C=O) groups is 2. The lowest BCUT2D eigenvalue weighted by Gasteiger charge is -2.33. The summed E-state index contributed by atoms with van der Waals surface area (Å²) >= 11 is 0. The van der Waals surface area contributed by atoms with E-state index < -0.39 is 23.8 Å². The summed E-state index contributed by atoms with van der Waals surface area (Å²) in [6.45, 7) is 1.85. The summed E-state index contributed by atoms with van der Waals surface area (Å²) in [4.78, 5) is 30.5. The van der Waals surface area contributed by atoms with Gasteiger partial charge >= 0.3 is 5.97 Å². The van der Waals surface area contributed by atoms with Crippen LogP contribution in [0.15, 0.2) is 36.4 Å². The number of para-hydroxylation sites is 2. The predicted octanol–water partition coefficient (Wildman–Crippen LogP) is 2.78. The van der Waals surface area contributed by atoms with E-state index in [9.17, 15) is 9.59 Å². The van der Waals surface area contributed by atoms with Crippen molar-refractivity contribution in [1.29, 1.82) is 0 Å². The second kappa shape index (κ2) is 8.17. The topological polar surface area (TPSA) is 101 Å². The largest absolute Gasteiger partial charge is 0.493 e. The van der Waals surface area contributed by atoms with E-state index >= 15 is 0 Å². The molecule has 2 heterocycles. The van der Waals surface area contributed by atoms with Crippen LogP contribution in [0.4, 0.5) is 5.95 Å². The number of anilines is 1. The van der Waals surface area contributed by atoms with Crippen molar-refractivity contribution in [1.82, 2.24) is 9.55 Å². The number of esters is 1. The molecular weight excluding hydrogens is 402 g/mol. The Morgan fingerprint density at radius 1 is 1.06 bits per heavy atom. The number of imidazole rings is 1. The van der Waals surface area contributed by atoms with Gasteiger partial charge in [-0.05, 0) is 31.2 Å². The standard InChI is InChI=1S/C22H23N3O6/c1-5-31-21(27)16-17(12-10-11-15(28-2)19(30-4)18(12)29-3)25-14-9-7-6-8-13(14)23-22(25)24-20(16)26/h6-11,16-17H,5H2,1-4H3,(H,23,24,26)/t16-,17+/m1/s1. The van der Waals surface area contributed by atoms with Crippen LogP contribution in [0.2, 0.25) is 0 Å². The van der Waals surface area contributed by atoms with Gasteiger partial charge in [-0.3, -0.25) is 14.9 Å². The summed E-state index contributed by atoms with van der Waals surface area (Å²) in [5, 5.41) is 2.74. The number of nitrogens with one attached hydrogen (secondary N) is 1. The van der Waals surface area contributed by atoms with Crippen molar-refractivity contribution < 1.29 is 28.5 Å². The van der Waals surface area contributed by atoms with Crippen LogP contribution in [-0.4, -0.2) is 49.4 Å². The van der Waals surface area contributed by atoms with Gasteiger partial charge in [-0.1, -0.05) is 12.1 Å². The highest BCUT2D eigenvalue weighted by molar-refractivity contribution is 6.07. The third-order valence-corrected chi connectivity index (χ3v) is 5.30. The molecule has 0 saturated carbocycles. The Hall–Kier alpha value is -3.75. The fourth-order valence-electron chi connectivity index (χ4n) is 4.04. The monoisotopic (exact) mass is 425 g/mol. The van der Waals surface area contributed by atoms with Crippen LogP contribution in [0, 0.1) is 5.92 Å². The van der Waals surface area contributed by atoms with E-state index in [-0.39, 0.29) is 6.61 Å². The second-order valence-electron chi connectivity index (χ2n) is 6.88. The maximum absolute atomic E-state index is 13.0. The molecule has 1 aromatic heterocycles. The highest BCUT2D eigenvalue weighted by Gasteiger charge is 2.45. The van der Waals surface area contributed by atoms with Gasteiger partial charge in [0.15, 0.2) is 17.4 Å². The lowest BCUT2D eigenvalue weighted by molar-refractivity contribution is -0.152. The van der Waals surface area contributed by atoms with Crippen LogP contribution in [0.3, 0.4) is 0 Å². The van der Waals surface area contributed by atoms with Gasteiger partial charge in [0.1, 0.15) is 0 Å². The minimum absolute atomic E-state index is 0.149. The first-order chi connectivity index (χ1) is 15.0. The number of aromatic nitrogens is 2. The third kappa shape index (κ3) is 3.22. The van der Waals surface area contributed by atoms with Crippen molar-refractivity contribution in [2.75, 3.05) is 33.3 Å². The summed E-state index contributed by atoms with van der Waals surface area (Å²) in [5.74, 6) is -0.757. The molecule has 0 radical (unpaired) electrons. The predicted molar refractivity (Wildman–Crippen MR) is 113 cm³/mol. The number of hydrogen-bond donors (Lipinski definition) is 1. The summed E-state index contributed by atoms with van der Waals surface area (Å²) in [6, 6.07) is 10.2.